The normalized spacial score (nSPS) is 22.7. The van der Waals surface area contributed by atoms with Crippen LogP contribution in [-0.2, 0) is 4.79 Å². The summed E-state index contributed by atoms with van der Waals surface area (Å²) in [6.07, 6.45) is 4.79. The summed E-state index contributed by atoms with van der Waals surface area (Å²) in [5.41, 5.74) is 0. The molecule has 0 aromatic carbocycles. The minimum absolute atomic E-state index is 0. The van der Waals surface area contributed by atoms with Crippen molar-refractivity contribution in [2.24, 2.45) is 4.99 Å². The van der Waals surface area contributed by atoms with Crippen molar-refractivity contribution in [1.29, 1.82) is 0 Å². The summed E-state index contributed by atoms with van der Waals surface area (Å²) < 4.78 is 0. The van der Waals surface area contributed by atoms with E-state index in [2.05, 4.69) is 27.9 Å². The fraction of sp³-hybridized carbons (Fsp3) is 0.875. The first-order valence-electron chi connectivity index (χ1n) is 8.57. The van der Waals surface area contributed by atoms with E-state index >= 15 is 0 Å². The molecule has 0 radical (unpaired) electrons. The Morgan fingerprint density at radius 1 is 1.26 bits per heavy atom. The van der Waals surface area contributed by atoms with Gasteiger partial charge in [0.15, 0.2) is 5.96 Å². The van der Waals surface area contributed by atoms with Crippen LogP contribution in [0.15, 0.2) is 4.99 Å². The summed E-state index contributed by atoms with van der Waals surface area (Å²) in [4.78, 5) is 16.2. The molecule has 0 aromatic heterocycles. The number of aliphatic imine (C=N–C) groups is 1. The molecule has 1 atom stereocenters. The number of aliphatic hydroxyl groups excluding tert-OH is 1. The van der Waals surface area contributed by atoms with E-state index in [9.17, 15) is 9.90 Å². The van der Waals surface area contributed by atoms with Gasteiger partial charge in [-0.2, -0.15) is 0 Å². The predicted octanol–water partition coefficient (Wildman–Crippen LogP) is 1.77. The molecule has 7 heteroatoms. The lowest BCUT2D eigenvalue weighted by Crippen LogP contribution is -2.45. The van der Waals surface area contributed by atoms with Crippen LogP contribution in [0.4, 0.5) is 0 Å². The van der Waals surface area contributed by atoms with E-state index in [-0.39, 0.29) is 42.0 Å². The highest BCUT2D eigenvalue weighted by Crippen LogP contribution is 2.18. The van der Waals surface area contributed by atoms with Crippen molar-refractivity contribution in [3.63, 3.8) is 0 Å². The number of halogens is 1. The van der Waals surface area contributed by atoms with Gasteiger partial charge in [-0.05, 0) is 46.0 Å². The number of carbonyl (C=O) groups is 1. The second-order valence-corrected chi connectivity index (χ2v) is 6.04. The number of aliphatic hydroxyl groups is 1. The quantitative estimate of drug-likeness (QED) is 0.276. The lowest BCUT2D eigenvalue weighted by atomic mass is 9.93. The Labute approximate surface area is 157 Å². The van der Waals surface area contributed by atoms with Crippen molar-refractivity contribution in [3.05, 3.63) is 0 Å². The monoisotopic (exact) mass is 440 g/mol. The Morgan fingerprint density at radius 3 is 2.48 bits per heavy atom. The third-order valence-electron chi connectivity index (χ3n) is 4.01. The molecule has 0 heterocycles. The number of amides is 1. The molecule has 1 aliphatic carbocycles. The molecular weight excluding hydrogens is 407 g/mol. The summed E-state index contributed by atoms with van der Waals surface area (Å²) in [7, 11) is 0. The number of hydrogen-bond acceptors (Lipinski definition) is 3. The molecular formula is C16H33IN4O2. The lowest BCUT2D eigenvalue weighted by molar-refractivity contribution is -0.121. The van der Waals surface area contributed by atoms with Crippen molar-refractivity contribution >= 4 is 35.8 Å². The van der Waals surface area contributed by atoms with Crippen molar-refractivity contribution in [1.82, 2.24) is 16.0 Å². The summed E-state index contributed by atoms with van der Waals surface area (Å²) >= 11 is 0. The van der Waals surface area contributed by atoms with Crippen LogP contribution in [0, 0.1) is 0 Å². The minimum atomic E-state index is -0.151. The Hall–Kier alpha value is -0.570. The van der Waals surface area contributed by atoms with Gasteiger partial charge in [0.2, 0.25) is 5.91 Å². The van der Waals surface area contributed by atoms with Gasteiger partial charge >= 0.3 is 0 Å². The molecule has 1 amide bonds. The molecule has 136 valence electrons. The van der Waals surface area contributed by atoms with Crippen LogP contribution in [0.1, 0.15) is 59.3 Å². The molecule has 0 spiro atoms. The van der Waals surface area contributed by atoms with E-state index in [1.807, 2.05) is 13.8 Å². The van der Waals surface area contributed by atoms with Crippen molar-refractivity contribution in [3.8, 4) is 0 Å². The largest absolute Gasteiger partial charge is 0.393 e. The molecule has 4 N–H and O–H groups in total. The summed E-state index contributed by atoms with van der Waals surface area (Å²) in [5, 5.41) is 19.1. The number of rotatable bonds is 7. The fourth-order valence-electron chi connectivity index (χ4n) is 2.45. The van der Waals surface area contributed by atoms with Gasteiger partial charge in [0.25, 0.3) is 0 Å². The third-order valence-corrected chi connectivity index (χ3v) is 4.01. The second kappa shape index (κ2) is 12.8. The van der Waals surface area contributed by atoms with E-state index in [0.29, 0.717) is 19.0 Å². The predicted molar refractivity (Wildman–Crippen MR) is 105 cm³/mol. The van der Waals surface area contributed by atoms with Crippen molar-refractivity contribution in [2.75, 3.05) is 13.1 Å². The average molecular weight is 440 g/mol. The van der Waals surface area contributed by atoms with Crippen LogP contribution >= 0.6 is 24.0 Å². The number of nitrogens with one attached hydrogen (secondary N) is 3. The zero-order chi connectivity index (χ0) is 16.4. The molecule has 0 aliphatic heterocycles. The minimum Gasteiger partial charge on any atom is -0.393 e. The van der Waals surface area contributed by atoms with E-state index in [1.54, 1.807) is 0 Å². The lowest BCUT2D eigenvalue weighted by Gasteiger charge is -2.27. The van der Waals surface area contributed by atoms with E-state index < -0.39 is 0 Å². The topological polar surface area (TPSA) is 85.8 Å². The molecule has 1 unspecified atom stereocenters. The van der Waals surface area contributed by atoms with Crippen molar-refractivity contribution < 1.29 is 9.90 Å². The molecule has 1 fully saturated rings. The van der Waals surface area contributed by atoms with Crippen molar-refractivity contribution in [2.45, 2.75) is 77.5 Å². The maximum Gasteiger partial charge on any atom is 0.222 e. The van der Waals surface area contributed by atoms with Gasteiger partial charge in [-0.3, -0.25) is 9.79 Å². The zero-order valence-electron chi connectivity index (χ0n) is 14.6. The maximum atomic E-state index is 11.7. The smallest absolute Gasteiger partial charge is 0.222 e. The van der Waals surface area contributed by atoms with E-state index in [0.717, 1.165) is 44.6 Å². The van der Waals surface area contributed by atoms with Gasteiger partial charge in [0.1, 0.15) is 0 Å². The van der Waals surface area contributed by atoms with Crippen LogP contribution in [0.5, 0.6) is 0 Å². The van der Waals surface area contributed by atoms with Gasteiger partial charge in [-0.15, -0.1) is 24.0 Å². The van der Waals surface area contributed by atoms with Crippen LogP contribution < -0.4 is 16.0 Å². The fourth-order valence-corrected chi connectivity index (χ4v) is 2.45. The molecule has 1 saturated carbocycles. The average Bonchev–Trinajstić information content (AvgIpc) is 2.49. The standard InChI is InChI=1S/C16H32N4O2.HI/c1-4-12(3)19-15(22)10-11-18-16(17-5-2)20-13-6-8-14(21)9-7-13;/h12-14,21H,4-11H2,1-3H3,(H,19,22)(H2,17,18,20);1H. The number of hydrogen-bond donors (Lipinski definition) is 4. The highest BCUT2D eigenvalue weighted by molar-refractivity contribution is 14.0. The SMILES string of the molecule is CCNC(=NCCC(=O)NC(C)CC)NC1CCC(O)CC1.I. The molecule has 1 rings (SSSR count). The van der Waals surface area contributed by atoms with Gasteiger partial charge < -0.3 is 21.1 Å². The molecule has 0 bridgehead atoms. The molecule has 6 nitrogen and oxygen atoms in total. The first-order valence-corrected chi connectivity index (χ1v) is 8.57. The Bertz CT molecular complexity index is 358. The van der Waals surface area contributed by atoms with Crippen LogP contribution in [0.3, 0.4) is 0 Å². The van der Waals surface area contributed by atoms with Gasteiger partial charge in [-0.25, -0.2) is 0 Å². The third kappa shape index (κ3) is 10.0. The first kappa shape index (κ1) is 22.4. The highest BCUT2D eigenvalue weighted by Gasteiger charge is 2.19. The van der Waals surface area contributed by atoms with E-state index in [1.165, 1.54) is 0 Å². The van der Waals surface area contributed by atoms with Crippen LogP contribution in [0.2, 0.25) is 0 Å². The van der Waals surface area contributed by atoms with Gasteiger partial charge in [-0.1, -0.05) is 6.92 Å². The molecule has 0 aromatic rings. The van der Waals surface area contributed by atoms with Gasteiger partial charge in [0, 0.05) is 25.0 Å². The Kier molecular flexibility index (Phi) is 12.5. The number of guanidine groups is 1. The second-order valence-electron chi connectivity index (χ2n) is 6.04. The molecule has 23 heavy (non-hydrogen) atoms. The number of carbonyl (C=O) groups excluding carboxylic acids is 1. The Balaban J connectivity index is 0.00000484. The first-order chi connectivity index (χ1) is 10.5. The molecule has 1 aliphatic rings. The highest BCUT2D eigenvalue weighted by atomic mass is 127. The number of nitrogens with zero attached hydrogens (tertiary/aromatic N) is 1. The van der Waals surface area contributed by atoms with Gasteiger partial charge in [0.05, 0.1) is 12.6 Å². The zero-order valence-corrected chi connectivity index (χ0v) is 16.9. The summed E-state index contributed by atoms with van der Waals surface area (Å²) in [6.45, 7) is 7.35. The van der Waals surface area contributed by atoms with Crippen LogP contribution in [0.25, 0.3) is 0 Å². The summed E-state index contributed by atoms with van der Waals surface area (Å²) in [6, 6.07) is 0.576. The van der Waals surface area contributed by atoms with E-state index in [4.69, 9.17) is 0 Å². The van der Waals surface area contributed by atoms with Crippen LogP contribution in [-0.4, -0.2) is 48.3 Å². The Morgan fingerprint density at radius 2 is 1.91 bits per heavy atom. The summed E-state index contributed by atoms with van der Waals surface area (Å²) in [5.74, 6) is 0.815. The molecule has 0 saturated heterocycles. The maximum absolute atomic E-state index is 11.7.